The fourth-order valence-electron chi connectivity index (χ4n) is 9.03. The van der Waals surface area contributed by atoms with E-state index in [1.54, 1.807) is 20.8 Å². The van der Waals surface area contributed by atoms with Crippen LogP contribution in [0.25, 0.3) is 0 Å². The lowest BCUT2D eigenvalue weighted by molar-refractivity contribution is -0.300. The average molecular weight is 946 g/mol. The highest BCUT2D eigenvalue weighted by molar-refractivity contribution is 14.1. The van der Waals surface area contributed by atoms with Crippen LogP contribution in [0.1, 0.15) is 86.8 Å². The molecule has 0 unspecified atom stereocenters. The fraction of sp³-hybridized carbons (Fsp3) is 0.791. The van der Waals surface area contributed by atoms with Gasteiger partial charge in [0.05, 0.1) is 42.1 Å². The highest BCUT2D eigenvalue weighted by atomic mass is 127. The lowest BCUT2D eigenvalue weighted by atomic mass is 9.78. The standard InChI is InChI=1S/C43H72IN5O10/c1-12-35-43(8,54)38(51)30(6)48(10)24-26(2)23-42(7,53)39(28(4)37(55-11)29(5)40(52)58-35)59-41-36(50)34(22-27(3)57-41)47(9)20-18-32-25-49(46-45-32)19-13-21-56-33-16-14-31(44)15-17-33/h14-17,25-30,34-39,41,50-51,53-54H,12-13,18-24H2,1-11H3/t26-,27-,28+,29-,30-,34+,35-,36-,37+,38-,39-,41+,42-,43-/m1/s1. The third kappa shape index (κ3) is 13.0. The summed E-state index contributed by atoms with van der Waals surface area (Å²) in [5.74, 6) is -1.31. The van der Waals surface area contributed by atoms with Gasteiger partial charge in [-0.15, -0.1) is 5.10 Å². The van der Waals surface area contributed by atoms with E-state index in [2.05, 4.69) is 37.8 Å². The SMILES string of the molecule is CC[C@H]1OC(=O)[C@H](C)[C@@H](OC)[C@H](C)[C@@H](O[C@@H]2O[C@H](C)C[C@H](N(C)CCc3cn(CCCOc4ccc(I)cc4)nn3)[C@H]2O)[C@](C)(O)C[C@@H](C)CN(C)[C@H](C)[C@@H](O)[C@]1(C)O. The molecule has 1 aromatic heterocycles. The molecule has 16 heteroatoms. The van der Waals surface area contributed by atoms with Crippen LogP contribution < -0.4 is 4.74 Å². The Morgan fingerprint density at radius 2 is 1.76 bits per heavy atom. The molecular weight excluding hydrogens is 873 g/mol. The van der Waals surface area contributed by atoms with E-state index in [-0.39, 0.29) is 30.9 Å². The summed E-state index contributed by atoms with van der Waals surface area (Å²) >= 11 is 2.27. The Morgan fingerprint density at radius 1 is 1.08 bits per heavy atom. The summed E-state index contributed by atoms with van der Waals surface area (Å²) in [6.07, 6.45) is -1.95. The van der Waals surface area contributed by atoms with Gasteiger partial charge in [0.2, 0.25) is 0 Å². The van der Waals surface area contributed by atoms with E-state index in [9.17, 15) is 25.2 Å². The zero-order chi connectivity index (χ0) is 43.8. The topological polar surface area (TPSA) is 181 Å². The highest BCUT2D eigenvalue weighted by Gasteiger charge is 2.50. The van der Waals surface area contributed by atoms with Crippen LogP contribution in [-0.4, -0.2) is 158 Å². The fourth-order valence-corrected chi connectivity index (χ4v) is 9.39. The quantitative estimate of drug-likeness (QED) is 0.129. The maximum atomic E-state index is 13.8. The monoisotopic (exact) mass is 945 g/mol. The Kier molecular flexibility index (Phi) is 18.4. The number of hydrogen-bond donors (Lipinski definition) is 4. The van der Waals surface area contributed by atoms with Crippen molar-refractivity contribution >= 4 is 28.6 Å². The second-order valence-corrected chi connectivity index (χ2v) is 19.0. The number of aliphatic hydroxyl groups excluding tert-OH is 2. The number of carbonyl (C=O) groups excluding carboxylic acids is 1. The number of rotatable bonds is 13. The molecule has 2 fully saturated rings. The number of aliphatic hydroxyl groups is 4. The molecule has 3 heterocycles. The first-order chi connectivity index (χ1) is 27.7. The molecule has 0 radical (unpaired) electrons. The molecule has 0 saturated carbocycles. The van der Waals surface area contributed by atoms with Gasteiger partial charge in [-0.25, -0.2) is 0 Å². The van der Waals surface area contributed by atoms with E-state index >= 15 is 0 Å². The Labute approximate surface area is 365 Å². The van der Waals surface area contributed by atoms with Gasteiger partial charge in [-0.05, 0) is 121 Å². The van der Waals surface area contributed by atoms with Gasteiger partial charge in [0.1, 0.15) is 29.7 Å². The summed E-state index contributed by atoms with van der Waals surface area (Å²) in [6.45, 7) is 16.6. The Hall–Kier alpha value is -2.00. The summed E-state index contributed by atoms with van der Waals surface area (Å²) < 4.78 is 33.8. The van der Waals surface area contributed by atoms with Gasteiger partial charge in [-0.3, -0.25) is 9.48 Å². The van der Waals surface area contributed by atoms with Crippen LogP contribution >= 0.6 is 22.6 Å². The van der Waals surface area contributed by atoms with Crippen molar-refractivity contribution in [2.75, 3.05) is 40.9 Å². The van der Waals surface area contributed by atoms with Crippen LogP contribution in [0.2, 0.25) is 0 Å². The first kappa shape index (κ1) is 49.7. The van der Waals surface area contributed by atoms with E-state index in [0.717, 1.165) is 21.4 Å². The van der Waals surface area contributed by atoms with Gasteiger partial charge in [-0.1, -0.05) is 26.0 Å². The van der Waals surface area contributed by atoms with E-state index in [1.165, 1.54) is 14.0 Å². The minimum Gasteiger partial charge on any atom is -0.494 e. The zero-order valence-electron chi connectivity index (χ0n) is 37.0. The van der Waals surface area contributed by atoms with Crippen LogP contribution in [-0.2, 0) is 36.7 Å². The van der Waals surface area contributed by atoms with Crippen LogP contribution in [0.3, 0.4) is 0 Å². The van der Waals surface area contributed by atoms with Crippen molar-refractivity contribution in [2.45, 2.75) is 160 Å². The van der Waals surface area contributed by atoms with E-state index in [1.807, 2.05) is 81.8 Å². The molecule has 15 nitrogen and oxygen atoms in total. The lowest BCUT2D eigenvalue weighted by Crippen LogP contribution is -2.59. The number of cyclic esters (lactones) is 1. The summed E-state index contributed by atoms with van der Waals surface area (Å²) in [5.41, 5.74) is -2.38. The molecule has 2 aliphatic rings. The molecule has 2 aliphatic heterocycles. The number of methoxy groups -OCH3 is 1. The van der Waals surface area contributed by atoms with Crippen LogP contribution in [0.5, 0.6) is 5.75 Å². The second-order valence-electron chi connectivity index (χ2n) is 17.7. The van der Waals surface area contributed by atoms with Gasteiger partial charge in [-0.2, -0.15) is 0 Å². The molecule has 4 N–H and O–H groups in total. The van der Waals surface area contributed by atoms with Gasteiger partial charge in [0.25, 0.3) is 0 Å². The van der Waals surface area contributed by atoms with Crippen LogP contribution in [0.4, 0.5) is 0 Å². The highest BCUT2D eigenvalue weighted by Crippen LogP contribution is 2.37. The van der Waals surface area contributed by atoms with Crippen molar-refractivity contribution in [1.82, 2.24) is 24.8 Å². The van der Waals surface area contributed by atoms with Gasteiger partial charge in [0.15, 0.2) is 6.29 Å². The minimum absolute atomic E-state index is 0.101. The molecule has 2 aromatic rings. The lowest BCUT2D eigenvalue weighted by Gasteiger charge is -2.47. The van der Waals surface area contributed by atoms with Crippen molar-refractivity contribution in [2.24, 2.45) is 17.8 Å². The Balaban J connectivity index is 1.48. The number of benzene rings is 1. The molecule has 0 spiro atoms. The molecule has 2 saturated heterocycles. The van der Waals surface area contributed by atoms with Crippen molar-refractivity contribution in [1.29, 1.82) is 0 Å². The van der Waals surface area contributed by atoms with E-state index < -0.39 is 71.9 Å². The minimum atomic E-state index is -1.74. The van der Waals surface area contributed by atoms with E-state index in [0.29, 0.717) is 39.1 Å². The predicted molar refractivity (Wildman–Crippen MR) is 232 cm³/mol. The maximum Gasteiger partial charge on any atom is 0.311 e. The summed E-state index contributed by atoms with van der Waals surface area (Å²) in [6, 6.07) is 7.12. The number of carbonyl (C=O) groups is 1. The number of halogens is 1. The summed E-state index contributed by atoms with van der Waals surface area (Å²) in [5, 5.41) is 56.0. The average Bonchev–Trinajstić information content (AvgIpc) is 3.64. The third-order valence-electron chi connectivity index (χ3n) is 12.5. The summed E-state index contributed by atoms with van der Waals surface area (Å²) in [4.78, 5) is 17.8. The molecule has 0 aliphatic carbocycles. The normalized spacial score (nSPS) is 37.1. The Morgan fingerprint density at radius 3 is 2.41 bits per heavy atom. The molecule has 0 bridgehead atoms. The number of ether oxygens (including phenoxy) is 5. The molecule has 0 amide bonds. The smallest absolute Gasteiger partial charge is 0.311 e. The van der Waals surface area contributed by atoms with Gasteiger partial charge < -0.3 is 53.9 Å². The van der Waals surface area contributed by atoms with Crippen LogP contribution in [0.15, 0.2) is 30.5 Å². The zero-order valence-corrected chi connectivity index (χ0v) is 39.2. The van der Waals surface area contributed by atoms with Crippen molar-refractivity contribution in [3.05, 3.63) is 39.7 Å². The molecule has 59 heavy (non-hydrogen) atoms. The number of aryl methyl sites for hydroxylation is 1. The summed E-state index contributed by atoms with van der Waals surface area (Å²) in [7, 11) is 5.32. The van der Waals surface area contributed by atoms with Gasteiger partial charge in [0, 0.05) is 67.4 Å². The number of likely N-dealkylation sites (N-methyl/N-ethyl adjacent to an activating group) is 2. The predicted octanol–water partition coefficient (Wildman–Crippen LogP) is 3.91. The van der Waals surface area contributed by atoms with Crippen molar-refractivity contribution in [3.63, 3.8) is 0 Å². The number of aromatic nitrogens is 3. The first-order valence-electron chi connectivity index (χ1n) is 21.2. The van der Waals surface area contributed by atoms with Gasteiger partial charge >= 0.3 is 5.97 Å². The molecule has 336 valence electrons. The molecule has 4 rings (SSSR count). The van der Waals surface area contributed by atoms with Crippen molar-refractivity contribution < 1.29 is 48.9 Å². The molecular formula is C43H72IN5O10. The second kappa shape index (κ2) is 21.9. The number of esters is 1. The Bertz CT molecular complexity index is 1580. The number of nitrogens with zero attached hydrogens (tertiary/aromatic N) is 5. The molecule has 1 aromatic carbocycles. The molecule has 14 atom stereocenters. The van der Waals surface area contributed by atoms with Crippen molar-refractivity contribution in [3.8, 4) is 5.75 Å². The first-order valence-corrected chi connectivity index (χ1v) is 22.3. The maximum absolute atomic E-state index is 13.8. The van der Waals surface area contributed by atoms with Crippen LogP contribution in [0, 0.1) is 21.3 Å². The number of hydrogen-bond acceptors (Lipinski definition) is 14. The van der Waals surface area contributed by atoms with E-state index in [4.69, 9.17) is 23.7 Å². The largest absolute Gasteiger partial charge is 0.494 e. The third-order valence-corrected chi connectivity index (χ3v) is 13.2.